The Morgan fingerprint density at radius 3 is 2.57 bits per heavy atom. The summed E-state index contributed by atoms with van der Waals surface area (Å²) in [6, 6.07) is 0.705. The standard InChI is InChI=1S/C12H26N2/c1-10(2)11(3)14(4)9-12-6-5-7-13-8-12/h10-13H,5-9H2,1-4H3. The van der Waals surface area contributed by atoms with Crippen molar-refractivity contribution in [2.24, 2.45) is 11.8 Å². The van der Waals surface area contributed by atoms with Crippen molar-refractivity contribution in [2.75, 3.05) is 26.7 Å². The maximum atomic E-state index is 3.48. The van der Waals surface area contributed by atoms with Gasteiger partial charge in [-0.15, -0.1) is 0 Å². The zero-order chi connectivity index (χ0) is 10.6. The highest BCUT2D eigenvalue weighted by Crippen LogP contribution is 2.15. The summed E-state index contributed by atoms with van der Waals surface area (Å²) in [4.78, 5) is 2.52. The minimum atomic E-state index is 0.705. The van der Waals surface area contributed by atoms with Gasteiger partial charge in [0.2, 0.25) is 0 Å². The first kappa shape index (κ1) is 12.0. The molecule has 2 atom stereocenters. The van der Waals surface area contributed by atoms with Gasteiger partial charge in [0.05, 0.1) is 0 Å². The van der Waals surface area contributed by atoms with Crippen LogP contribution in [0.15, 0.2) is 0 Å². The third-order valence-corrected chi connectivity index (χ3v) is 3.61. The largest absolute Gasteiger partial charge is 0.316 e. The maximum absolute atomic E-state index is 3.48. The van der Waals surface area contributed by atoms with E-state index in [0.717, 1.165) is 11.8 Å². The Hall–Kier alpha value is -0.0800. The van der Waals surface area contributed by atoms with Gasteiger partial charge in [0, 0.05) is 12.6 Å². The minimum absolute atomic E-state index is 0.705. The van der Waals surface area contributed by atoms with Crippen molar-refractivity contribution in [3.05, 3.63) is 0 Å². The van der Waals surface area contributed by atoms with E-state index in [9.17, 15) is 0 Å². The van der Waals surface area contributed by atoms with Gasteiger partial charge in [0.1, 0.15) is 0 Å². The van der Waals surface area contributed by atoms with Gasteiger partial charge in [-0.2, -0.15) is 0 Å². The van der Waals surface area contributed by atoms with Crippen LogP contribution in [0.3, 0.4) is 0 Å². The van der Waals surface area contributed by atoms with Crippen LogP contribution >= 0.6 is 0 Å². The quantitative estimate of drug-likeness (QED) is 0.743. The molecule has 0 saturated carbocycles. The molecule has 0 bridgehead atoms. The Labute approximate surface area is 89.1 Å². The highest BCUT2D eigenvalue weighted by Gasteiger charge is 2.19. The van der Waals surface area contributed by atoms with Gasteiger partial charge in [-0.1, -0.05) is 13.8 Å². The first-order chi connectivity index (χ1) is 6.61. The molecule has 0 aromatic rings. The summed E-state index contributed by atoms with van der Waals surface area (Å²) in [6.07, 6.45) is 2.76. The molecule has 0 aromatic carbocycles. The van der Waals surface area contributed by atoms with Crippen LogP contribution in [-0.4, -0.2) is 37.6 Å². The van der Waals surface area contributed by atoms with Crippen LogP contribution < -0.4 is 5.32 Å². The smallest absolute Gasteiger partial charge is 0.00870 e. The minimum Gasteiger partial charge on any atom is -0.316 e. The summed E-state index contributed by atoms with van der Waals surface area (Å²) in [5, 5.41) is 3.48. The Bertz CT molecular complexity index is 150. The predicted octanol–water partition coefficient (Wildman–Crippen LogP) is 1.96. The predicted molar refractivity (Wildman–Crippen MR) is 62.5 cm³/mol. The van der Waals surface area contributed by atoms with Gasteiger partial charge >= 0.3 is 0 Å². The average Bonchev–Trinajstić information content (AvgIpc) is 2.18. The number of hydrogen-bond acceptors (Lipinski definition) is 2. The molecule has 1 rings (SSSR count). The van der Waals surface area contributed by atoms with Gasteiger partial charge in [-0.3, -0.25) is 0 Å². The lowest BCUT2D eigenvalue weighted by atomic mass is 9.97. The molecule has 14 heavy (non-hydrogen) atoms. The molecule has 2 nitrogen and oxygen atoms in total. The van der Waals surface area contributed by atoms with Gasteiger partial charge < -0.3 is 10.2 Å². The fourth-order valence-corrected chi connectivity index (χ4v) is 2.16. The Morgan fingerprint density at radius 1 is 1.36 bits per heavy atom. The Kier molecular flexibility index (Phi) is 4.90. The second kappa shape index (κ2) is 5.72. The first-order valence-electron chi connectivity index (χ1n) is 6.02. The third-order valence-electron chi connectivity index (χ3n) is 3.61. The van der Waals surface area contributed by atoms with Crippen LogP contribution in [0.25, 0.3) is 0 Å². The number of hydrogen-bond donors (Lipinski definition) is 1. The van der Waals surface area contributed by atoms with E-state index in [1.807, 2.05) is 0 Å². The van der Waals surface area contributed by atoms with E-state index in [1.165, 1.54) is 32.5 Å². The third kappa shape index (κ3) is 3.58. The van der Waals surface area contributed by atoms with E-state index in [1.54, 1.807) is 0 Å². The number of nitrogens with one attached hydrogen (secondary N) is 1. The molecule has 1 aliphatic heterocycles. The average molecular weight is 198 g/mol. The van der Waals surface area contributed by atoms with Crippen LogP contribution in [0.2, 0.25) is 0 Å². The summed E-state index contributed by atoms with van der Waals surface area (Å²) >= 11 is 0. The molecule has 0 radical (unpaired) electrons. The molecule has 0 spiro atoms. The molecular formula is C12H26N2. The van der Waals surface area contributed by atoms with E-state index >= 15 is 0 Å². The van der Waals surface area contributed by atoms with Crippen molar-refractivity contribution < 1.29 is 0 Å². The molecule has 1 heterocycles. The van der Waals surface area contributed by atoms with Gasteiger partial charge in [-0.05, 0) is 51.7 Å². The van der Waals surface area contributed by atoms with E-state index in [0.29, 0.717) is 6.04 Å². The number of rotatable bonds is 4. The monoisotopic (exact) mass is 198 g/mol. The van der Waals surface area contributed by atoms with Crippen molar-refractivity contribution >= 4 is 0 Å². The van der Waals surface area contributed by atoms with Crippen molar-refractivity contribution in [1.82, 2.24) is 10.2 Å². The molecule has 1 N–H and O–H groups in total. The SMILES string of the molecule is CC(C)C(C)N(C)CC1CCCNC1. The molecular weight excluding hydrogens is 172 g/mol. The summed E-state index contributed by atoms with van der Waals surface area (Å²) in [6.45, 7) is 10.6. The Morgan fingerprint density at radius 2 is 2.07 bits per heavy atom. The summed E-state index contributed by atoms with van der Waals surface area (Å²) < 4.78 is 0. The second-order valence-electron chi connectivity index (χ2n) is 5.14. The van der Waals surface area contributed by atoms with Crippen LogP contribution in [0, 0.1) is 11.8 Å². The molecule has 0 amide bonds. The summed E-state index contributed by atoms with van der Waals surface area (Å²) in [5.74, 6) is 1.63. The van der Waals surface area contributed by atoms with Crippen molar-refractivity contribution in [2.45, 2.75) is 39.7 Å². The normalized spacial score (nSPS) is 25.7. The molecule has 0 aliphatic carbocycles. The lowest BCUT2D eigenvalue weighted by Gasteiger charge is -2.33. The lowest BCUT2D eigenvalue weighted by molar-refractivity contribution is 0.166. The van der Waals surface area contributed by atoms with Crippen LogP contribution in [0.5, 0.6) is 0 Å². The molecule has 0 aromatic heterocycles. The van der Waals surface area contributed by atoms with Crippen molar-refractivity contribution in [3.63, 3.8) is 0 Å². The topological polar surface area (TPSA) is 15.3 Å². The summed E-state index contributed by atoms with van der Waals surface area (Å²) in [7, 11) is 2.26. The highest BCUT2D eigenvalue weighted by atomic mass is 15.1. The fourth-order valence-electron chi connectivity index (χ4n) is 2.16. The molecule has 2 heteroatoms. The highest BCUT2D eigenvalue weighted by molar-refractivity contribution is 4.75. The van der Waals surface area contributed by atoms with Crippen LogP contribution in [0.1, 0.15) is 33.6 Å². The first-order valence-corrected chi connectivity index (χ1v) is 6.02. The van der Waals surface area contributed by atoms with Gasteiger partial charge in [-0.25, -0.2) is 0 Å². The molecule has 84 valence electrons. The molecule has 1 aliphatic rings. The van der Waals surface area contributed by atoms with E-state index in [-0.39, 0.29) is 0 Å². The zero-order valence-corrected chi connectivity index (χ0v) is 10.2. The zero-order valence-electron chi connectivity index (χ0n) is 10.2. The van der Waals surface area contributed by atoms with Crippen molar-refractivity contribution in [1.29, 1.82) is 0 Å². The number of nitrogens with zero attached hydrogens (tertiary/aromatic N) is 1. The molecule has 2 unspecified atom stereocenters. The van der Waals surface area contributed by atoms with Crippen molar-refractivity contribution in [3.8, 4) is 0 Å². The molecule has 1 fully saturated rings. The fraction of sp³-hybridized carbons (Fsp3) is 1.00. The maximum Gasteiger partial charge on any atom is 0.00870 e. The van der Waals surface area contributed by atoms with Gasteiger partial charge in [0.15, 0.2) is 0 Å². The van der Waals surface area contributed by atoms with E-state index in [4.69, 9.17) is 0 Å². The number of piperidine rings is 1. The van der Waals surface area contributed by atoms with Crippen LogP contribution in [-0.2, 0) is 0 Å². The second-order valence-corrected chi connectivity index (χ2v) is 5.14. The van der Waals surface area contributed by atoms with E-state index < -0.39 is 0 Å². The Balaban J connectivity index is 2.27. The molecule has 1 saturated heterocycles. The summed E-state index contributed by atoms with van der Waals surface area (Å²) in [5.41, 5.74) is 0. The van der Waals surface area contributed by atoms with E-state index in [2.05, 4.69) is 38.0 Å². The van der Waals surface area contributed by atoms with Crippen LogP contribution in [0.4, 0.5) is 0 Å². The lowest BCUT2D eigenvalue weighted by Crippen LogP contribution is -2.41. The van der Waals surface area contributed by atoms with Gasteiger partial charge in [0.25, 0.3) is 0 Å².